The van der Waals surface area contributed by atoms with Crippen molar-refractivity contribution >= 4 is 33.0 Å². The Morgan fingerprint density at radius 1 is 1.48 bits per heavy atom. The van der Waals surface area contributed by atoms with Crippen LogP contribution in [0.2, 0.25) is 0 Å². The lowest BCUT2D eigenvalue weighted by atomic mass is 9.93. The van der Waals surface area contributed by atoms with Crippen molar-refractivity contribution in [2.75, 3.05) is 37.3 Å². The smallest absolute Gasteiger partial charge is 0.404 e. The number of amides is 1. The van der Waals surface area contributed by atoms with E-state index in [9.17, 15) is 13.2 Å². The molecule has 11 heteroatoms. The molecule has 1 aliphatic rings. The molecule has 0 saturated carbocycles. The summed E-state index contributed by atoms with van der Waals surface area (Å²) < 4.78 is 26.6. The van der Waals surface area contributed by atoms with Crippen LogP contribution in [-0.2, 0) is 10.0 Å². The number of anilines is 1. The van der Waals surface area contributed by atoms with Gasteiger partial charge in [-0.3, -0.25) is 0 Å². The number of piperidine rings is 1. The Bertz CT molecular complexity index is 915. The van der Waals surface area contributed by atoms with E-state index in [1.54, 1.807) is 6.20 Å². The first-order chi connectivity index (χ1) is 12.8. The molecule has 0 radical (unpaired) electrons. The van der Waals surface area contributed by atoms with E-state index < -0.39 is 16.1 Å². The third-order valence-corrected chi connectivity index (χ3v) is 6.91. The molecule has 1 fully saturated rings. The minimum absolute atomic E-state index is 0.0473. The van der Waals surface area contributed by atoms with Gasteiger partial charge in [0, 0.05) is 38.9 Å². The van der Waals surface area contributed by atoms with E-state index in [2.05, 4.69) is 27.2 Å². The Kier molecular flexibility index (Phi) is 5.51. The fourth-order valence-corrected chi connectivity index (χ4v) is 4.87. The van der Waals surface area contributed by atoms with Crippen molar-refractivity contribution in [3.05, 3.63) is 18.6 Å². The summed E-state index contributed by atoms with van der Waals surface area (Å²) in [6, 6.07) is 1.86. The van der Waals surface area contributed by atoms with Gasteiger partial charge in [-0.15, -0.1) is 0 Å². The van der Waals surface area contributed by atoms with Crippen LogP contribution in [0.5, 0.6) is 0 Å². The molecule has 10 nitrogen and oxygen atoms in total. The van der Waals surface area contributed by atoms with Gasteiger partial charge in [-0.2, -0.15) is 4.31 Å². The van der Waals surface area contributed by atoms with E-state index in [4.69, 9.17) is 5.11 Å². The number of nitrogens with one attached hydrogen (secondary N) is 2. The first kappa shape index (κ1) is 19.4. The van der Waals surface area contributed by atoms with E-state index in [-0.39, 0.29) is 24.3 Å². The molecular formula is C16H24N6O4S. The van der Waals surface area contributed by atoms with Crippen LogP contribution in [-0.4, -0.2) is 77.4 Å². The van der Waals surface area contributed by atoms with Crippen molar-refractivity contribution in [3.63, 3.8) is 0 Å². The molecule has 3 heterocycles. The highest BCUT2D eigenvalue weighted by atomic mass is 32.2. The zero-order valence-electron chi connectivity index (χ0n) is 15.3. The Morgan fingerprint density at radius 3 is 3.00 bits per heavy atom. The van der Waals surface area contributed by atoms with E-state index >= 15 is 0 Å². The Balaban J connectivity index is 1.77. The fraction of sp³-hybridized carbons (Fsp3) is 0.562. The van der Waals surface area contributed by atoms with Crippen molar-refractivity contribution in [3.8, 4) is 0 Å². The molecule has 0 aliphatic carbocycles. The van der Waals surface area contributed by atoms with E-state index in [0.29, 0.717) is 13.1 Å². The highest BCUT2D eigenvalue weighted by molar-refractivity contribution is 7.89. The van der Waals surface area contributed by atoms with E-state index in [1.807, 2.05) is 18.0 Å². The molecule has 0 bridgehead atoms. The lowest BCUT2D eigenvalue weighted by Gasteiger charge is -2.41. The molecule has 148 valence electrons. The van der Waals surface area contributed by atoms with Gasteiger partial charge >= 0.3 is 6.09 Å². The number of hydrogen-bond donors (Lipinski definition) is 3. The van der Waals surface area contributed by atoms with Crippen LogP contribution in [0.25, 0.3) is 11.0 Å². The number of aromatic amines is 1. The first-order valence-corrected chi connectivity index (χ1v) is 10.4. The first-order valence-electron chi connectivity index (χ1n) is 8.75. The second kappa shape index (κ2) is 7.69. The van der Waals surface area contributed by atoms with Crippen molar-refractivity contribution in [1.29, 1.82) is 0 Å². The number of rotatable bonds is 6. The van der Waals surface area contributed by atoms with Crippen LogP contribution in [0.1, 0.15) is 13.3 Å². The number of carboxylic acid groups (broad SMARTS) is 1. The van der Waals surface area contributed by atoms with Crippen molar-refractivity contribution in [2.45, 2.75) is 19.4 Å². The maximum atomic E-state index is 12.6. The Hall–Kier alpha value is -2.40. The lowest BCUT2D eigenvalue weighted by molar-refractivity contribution is 0.195. The quantitative estimate of drug-likeness (QED) is 0.655. The molecule has 0 spiro atoms. The van der Waals surface area contributed by atoms with Crippen LogP contribution in [0, 0.1) is 5.92 Å². The van der Waals surface area contributed by atoms with Gasteiger partial charge in [-0.25, -0.2) is 23.2 Å². The van der Waals surface area contributed by atoms with Crippen molar-refractivity contribution < 1.29 is 18.3 Å². The second-order valence-corrected chi connectivity index (χ2v) is 8.88. The minimum atomic E-state index is -3.54. The standard InChI is InChI=1S/C16H24N6O4S/c1-11-4-7-22(27(25,26)8-6-18-16(23)24)9-13(11)21(2)15-12-3-5-17-14(12)19-10-20-15/h3,5,10-11,13,18H,4,6-9H2,1-2H3,(H,23,24)(H,17,19,20). The maximum absolute atomic E-state index is 12.6. The summed E-state index contributed by atoms with van der Waals surface area (Å²) in [5, 5.41) is 11.6. The van der Waals surface area contributed by atoms with Crippen LogP contribution in [0.3, 0.4) is 0 Å². The number of hydrogen-bond acceptors (Lipinski definition) is 6. The van der Waals surface area contributed by atoms with Crippen molar-refractivity contribution in [1.82, 2.24) is 24.6 Å². The average molecular weight is 396 g/mol. The van der Waals surface area contributed by atoms with Gasteiger partial charge in [0.2, 0.25) is 10.0 Å². The molecule has 3 N–H and O–H groups in total. The molecule has 0 aromatic carbocycles. The maximum Gasteiger partial charge on any atom is 0.404 e. The predicted octanol–water partition coefficient (Wildman–Crippen LogP) is 0.702. The topological polar surface area (TPSA) is 132 Å². The van der Waals surface area contributed by atoms with Gasteiger partial charge in [0.05, 0.1) is 11.1 Å². The van der Waals surface area contributed by atoms with Gasteiger partial charge in [-0.1, -0.05) is 6.92 Å². The van der Waals surface area contributed by atoms with Crippen LogP contribution in [0.15, 0.2) is 18.6 Å². The van der Waals surface area contributed by atoms with E-state index in [1.165, 1.54) is 10.6 Å². The summed E-state index contributed by atoms with van der Waals surface area (Å²) in [6.07, 6.45) is 2.79. The highest BCUT2D eigenvalue weighted by Crippen LogP contribution is 2.29. The summed E-state index contributed by atoms with van der Waals surface area (Å²) in [6.45, 7) is 2.75. The highest BCUT2D eigenvalue weighted by Gasteiger charge is 2.35. The van der Waals surface area contributed by atoms with Gasteiger partial charge in [0.25, 0.3) is 0 Å². The largest absolute Gasteiger partial charge is 0.465 e. The Morgan fingerprint density at radius 2 is 2.26 bits per heavy atom. The van der Waals surface area contributed by atoms with Crippen LogP contribution in [0.4, 0.5) is 10.6 Å². The van der Waals surface area contributed by atoms with Crippen LogP contribution < -0.4 is 10.2 Å². The predicted molar refractivity (Wildman–Crippen MR) is 101 cm³/mol. The summed E-state index contributed by atoms with van der Waals surface area (Å²) in [5.41, 5.74) is 0.736. The SMILES string of the molecule is CC1CCN(S(=O)(=O)CCNC(=O)O)CC1N(C)c1ncnc2[nH]ccc12. The molecule has 1 saturated heterocycles. The summed E-state index contributed by atoms with van der Waals surface area (Å²) in [4.78, 5) is 24.2. The van der Waals surface area contributed by atoms with E-state index in [0.717, 1.165) is 23.3 Å². The Labute approximate surface area is 157 Å². The fourth-order valence-electron chi connectivity index (χ4n) is 3.49. The molecular weight excluding hydrogens is 372 g/mol. The number of aromatic nitrogens is 3. The number of fused-ring (bicyclic) bond motifs is 1. The molecule has 27 heavy (non-hydrogen) atoms. The number of H-pyrrole nitrogens is 1. The molecule has 3 rings (SSSR count). The average Bonchev–Trinajstić information content (AvgIpc) is 3.09. The zero-order valence-corrected chi connectivity index (χ0v) is 16.1. The van der Waals surface area contributed by atoms with Gasteiger partial charge in [-0.05, 0) is 18.4 Å². The molecule has 2 unspecified atom stereocenters. The summed E-state index contributed by atoms with van der Waals surface area (Å²) >= 11 is 0. The van der Waals surface area contributed by atoms with Crippen LogP contribution >= 0.6 is 0 Å². The molecule has 1 amide bonds. The monoisotopic (exact) mass is 396 g/mol. The molecule has 2 aromatic rings. The third-order valence-electron chi connectivity index (χ3n) is 5.08. The zero-order chi connectivity index (χ0) is 19.6. The summed E-state index contributed by atoms with van der Waals surface area (Å²) in [7, 11) is -1.63. The second-order valence-electron chi connectivity index (χ2n) is 6.79. The van der Waals surface area contributed by atoms with Gasteiger partial charge in [0.15, 0.2) is 0 Å². The third kappa shape index (κ3) is 4.14. The molecule has 2 atom stereocenters. The number of sulfonamides is 1. The van der Waals surface area contributed by atoms with Gasteiger partial charge < -0.3 is 20.3 Å². The van der Waals surface area contributed by atoms with Crippen molar-refractivity contribution in [2.24, 2.45) is 5.92 Å². The number of likely N-dealkylation sites (N-methyl/N-ethyl adjacent to an activating group) is 1. The lowest BCUT2D eigenvalue weighted by Crippen LogP contribution is -2.53. The molecule has 1 aliphatic heterocycles. The minimum Gasteiger partial charge on any atom is -0.465 e. The normalized spacial score (nSPS) is 21.3. The molecule has 2 aromatic heterocycles. The van der Waals surface area contributed by atoms with Gasteiger partial charge in [0.1, 0.15) is 17.8 Å². The number of nitrogens with zero attached hydrogens (tertiary/aromatic N) is 4. The summed E-state index contributed by atoms with van der Waals surface area (Å²) in [5.74, 6) is 0.784. The number of carbonyl (C=O) groups is 1.